The van der Waals surface area contributed by atoms with Crippen LogP contribution in [0.25, 0.3) is 0 Å². The third kappa shape index (κ3) is 5.71. The largest absolute Gasteiger partial charge is 0.481 e. The first-order valence-electron chi connectivity index (χ1n) is 11.7. The number of carboxylic acids is 1. The fourth-order valence-corrected chi connectivity index (χ4v) is 5.07. The Labute approximate surface area is 212 Å². The number of piperidine rings is 1. The van der Waals surface area contributed by atoms with Gasteiger partial charge in [0.2, 0.25) is 11.8 Å². The van der Waals surface area contributed by atoms with Crippen molar-refractivity contribution in [2.45, 2.75) is 50.9 Å². The second-order valence-corrected chi connectivity index (χ2v) is 9.56. The predicted molar refractivity (Wildman–Crippen MR) is 128 cm³/mol. The van der Waals surface area contributed by atoms with Crippen molar-refractivity contribution < 1.29 is 32.5 Å². The van der Waals surface area contributed by atoms with Crippen molar-refractivity contribution in [3.8, 4) is 11.8 Å². The molecule has 8 nitrogen and oxygen atoms in total. The lowest BCUT2D eigenvalue weighted by atomic mass is 10.00. The van der Waals surface area contributed by atoms with Crippen LogP contribution in [-0.2, 0) is 11.0 Å². The summed E-state index contributed by atoms with van der Waals surface area (Å²) in [5.41, 5.74) is 0.0375. The van der Waals surface area contributed by atoms with E-state index in [4.69, 9.17) is 21.1 Å². The first-order valence-corrected chi connectivity index (χ1v) is 12.1. The Morgan fingerprint density at radius 2 is 1.89 bits per heavy atom. The lowest BCUT2D eigenvalue weighted by Crippen LogP contribution is -2.39. The van der Waals surface area contributed by atoms with Gasteiger partial charge >= 0.3 is 12.1 Å². The first kappa shape index (κ1) is 26.1. The van der Waals surface area contributed by atoms with E-state index in [0.29, 0.717) is 49.8 Å². The second-order valence-electron chi connectivity index (χ2n) is 9.15. The summed E-state index contributed by atoms with van der Waals surface area (Å²) in [6.45, 7) is 3.43. The Balaban J connectivity index is 1.49. The van der Waals surface area contributed by atoms with Gasteiger partial charge in [0.1, 0.15) is 11.7 Å². The number of carboxylic acid groups (broad SMARTS) is 1. The minimum Gasteiger partial charge on any atom is -0.481 e. The summed E-state index contributed by atoms with van der Waals surface area (Å²) in [5.74, 6) is -0.980. The zero-order valence-corrected chi connectivity index (χ0v) is 20.7. The van der Waals surface area contributed by atoms with Gasteiger partial charge in [-0.05, 0) is 18.4 Å². The lowest BCUT2D eigenvalue weighted by molar-refractivity contribution is -0.140. The molecule has 0 saturated carbocycles. The van der Waals surface area contributed by atoms with Crippen LogP contribution in [0.1, 0.15) is 38.2 Å². The highest BCUT2D eigenvalue weighted by Gasteiger charge is 2.39. The van der Waals surface area contributed by atoms with Gasteiger partial charge in [0.15, 0.2) is 0 Å². The molecule has 4 rings (SSSR count). The van der Waals surface area contributed by atoms with Crippen LogP contribution in [0.5, 0.6) is 11.8 Å². The Hall–Kier alpha value is -2.95. The van der Waals surface area contributed by atoms with Gasteiger partial charge in [-0.2, -0.15) is 13.2 Å². The maximum absolute atomic E-state index is 14.0. The zero-order valence-electron chi connectivity index (χ0n) is 20.0. The van der Waals surface area contributed by atoms with Crippen molar-refractivity contribution in [3.05, 3.63) is 35.1 Å². The number of ether oxygens (including phenoxy) is 2. The SMILES string of the molecule is COc1cc(N2CCC(Oc3ncc(N4CC[C@@H](C)[C@@H]4CC(=O)O)cc3C(F)(F)F)CC2)c(Cl)cn1. The number of hydrogen-bond acceptors (Lipinski definition) is 7. The molecule has 0 amide bonds. The molecule has 196 valence electrons. The second kappa shape index (κ2) is 10.6. The molecule has 2 aromatic heterocycles. The molecule has 0 bridgehead atoms. The number of nitrogens with zero attached hydrogens (tertiary/aromatic N) is 4. The number of aromatic nitrogens is 2. The maximum Gasteiger partial charge on any atom is 0.421 e. The average Bonchev–Trinajstić information content (AvgIpc) is 3.19. The van der Waals surface area contributed by atoms with Gasteiger partial charge in [-0.3, -0.25) is 4.79 Å². The smallest absolute Gasteiger partial charge is 0.421 e. The summed E-state index contributed by atoms with van der Waals surface area (Å²) in [6.07, 6.45) is -0.770. The Morgan fingerprint density at radius 3 is 2.53 bits per heavy atom. The molecule has 2 atom stereocenters. The number of carbonyl (C=O) groups is 1. The van der Waals surface area contributed by atoms with Gasteiger partial charge in [0.05, 0.1) is 42.3 Å². The molecule has 2 aromatic rings. The quantitative estimate of drug-likeness (QED) is 0.543. The Kier molecular flexibility index (Phi) is 7.67. The van der Waals surface area contributed by atoms with Crippen LogP contribution in [0.4, 0.5) is 24.5 Å². The van der Waals surface area contributed by atoms with E-state index in [1.54, 1.807) is 11.0 Å². The van der Waals surface area contributed by atoms with E-state index in [0.717, 1.165) is 11.8 Å². The van der Waals surface area contributed by atoms with Crippen molar-refractivity contribution >= 4 is 28.9 Å². The normalized spacial score (nSPS) is 21.1. The summed E-state index contributed by atoms with van der Waals surface area (Å²) in [5, 5.41) is 9.70. The van der Waals surface area contributed by atoms with Gasteiger partial charge in [0, 0.05) is 44.6 Å². The number of methoxy groups -OCH3 is 1. The predicted octanol–water partition coefficient (Wildman–Crippen LogP) is 4.89. The molecule has 0 unspecified atom stereocenters. The van der Waals surface area contributed by atoms with Crippen LogP contribution in [0.3, 0.4) is 0 Å². The minimum absolute atomic E-state index is 0.0467. The van der Waals surface area contributed by atoms with Crippen LogP contribution in [0.15, 0.2) is 24.5 Å². The van der Waals surface area contributed by atoms with E-state index in [-0.39, 0.29) is 24.1 Å². The van der Waals surface area contributed by atoms with Crippen LogP contribution in [0, 0.1) is 5.92 Å². The van der Waals surface area contributed by atoms with E-state index in [1.165, 1.54) is 19.5 Å². The molecule has 12 heteroatoms. The molecule has 36 heavy (non-hydrogen) atoms. The number of halogens is 4. The summed E-state index contributed by atoms with van der Waals surface area (Å²) in [7, 11) is 1.51. The first-order chi connectivity index (χ1) is 17.1. The third-order valence-corrected chi connectivity index (χ3v) is 7.11. The molecule has 0 aromatic carbocycles. The van der Waals surface area contributed by atoms with Crippen molar-refractivity contribution in [2.75, 3.05) is 36.5 Å². The number of anilines is 2. The molecular weight excluding hydrogens is 501 g/mol. The van der Waals surface area contributed by atoms with Crippen LogP contribution < -0.4 is 19.3 Å². The van der Waals surface area contributed by atoms with Crippen LogP contribution in [-0.4, -0.2) is 59.9 Å². The summed E-state index contributed by atoms with van der Waals surface area (Å²) in [6, 6.07) is 2.36. The molecule has 2 saturated heterocycles. The maximum atomic E-state index is 14.0. The van der Waals surface area contributed by atoms with Gasteiger partial charge in [-0.1, -0.05) is 18.5 Å². The van der Waals surface area contributed by atoms with Crippen molar-refractivity contribution in [3.63, 3.8) is 0 Å². The van der Waals surface area contributed by atoms with E-state index in [2.05, 4.69) is 9.97 Å². The van der Waals surface area contributed by atoms with Gasteiger partial charge < -0.3 is 24.4 Å². The molecule has 2 aliphatic heterocycles. The number of alkyl halides is 3. The Morgan fingerprint density at radius 1 is 1.17 bits per heavy atom. The molecular formula is C24H28ClF3N4O4. The van der Waals surface area contributed by atoms with E-state index >= 15 is 0 Å². The van der Waals surface area contributed by atoms with E-state index in [9.17, 15) is 23.1 Å². The van der Waals surface area contributed by atoms with Gasteiger partial charge in [-0.25, -0.2) is 9.97 Å². The molecule has 0 radical (unpaired) electrons. The van der Waals surface area contributed by atoms with Crippen LogP contribution >= 0.6 is 11.6 Å². The van der Waals surface area contributed by atoms with Crippen molar-refractivity contribution in [1.82, 2.24) is 9.97 Å². The van der Waals surface area contributed by atoms with Gasteiger partial charge in [-0.15, -0.1) is 0 Å². The number of aliphatic carboxylic acids is 1. The highest BCUT2D eigenvalue weighted by Crippen LogP contribution is 2.40. The van der Waals surface area contributed by atoms with E-state index < -0.39 is 29.7 Å². The van der Waals surface area contributed by atoms with Gasteiger partial charge in [0.25, 0.3) is 0 Å². The molecule has 1 N–H and O–H groups in total. The number of pyridine rings is 2. The molecule has 0 spiro atoms. The standard InChI is InChI=1S/C24H28ClF3N4O4/c1-14-3-8-32(19(14)11-22(33)34)15-9-17(24(26,27)28)23(30-12-15)36-16-4-6-31(7-5-16)20-10-21(35-2)29-13-18(20)25/h9-10,12-14,16,19H,3-8,11H2,1-2H3,(H,33,34)/t14-,19+/m1/s1. The number of hydrogen-bond donors (Lipinski definition) is 1. The molecule has 0 aliphatic carbocycles. The summed E-state index contributed by atoms with van der Waals surface area (Å²) >= 11 is 6.28. The topological polar surface area (TPSA) is 88.0 Å². The fraction of sp³-hybridized carbons (Fsp3) is 0.542. The summed E-state index contributed by atoms with van der Waals surface area (Å²) < 4.78 is 52.9. The molecule has 4 heterocycles. The third-order valence-electron chi connectivity index (χ3n) is 6.82. The van der Waals surface area contributed by atoms with Crippen molar-refractivity contribution in [1.29, 1.82) is 0 Å². The van der Waals surface area contributed by atoms with E-state index in [1.807, 2.05) is 11.8 Å². The lowest BCUT2D eigenvalue weighted by Gasteiger charge is -2.34. The molecule has 2 aliphatic rings. The zero-order chi connectivity index (χ0) is 26.0. The van der Waals surface area contributed by atoms with Crippen LogP contribution in [0.2, 0.25) is 5.02 Å². The average molecular weight is 529 g/mol. The summed E-state index contributed by atoms with van der Waals surface area (Å²) in [4.78, 5) is 23.1. The highest BCUT2D eigenvalue weighted by molar-refractivity contribution is 6.33. The van der Waals surface area contributed by atoms with Crippen molar-refractivity contribution in [2.24, 2.45) is 5.92 Å². The Bertz CT molecular complexity index is 1100. The minimum atomic E-state index is -4.67. The fourth-order valence-electron chi connectivity index (χ4n) is 4.85. The monoisotopic (exact) mass is 528 g/mol. The molecule has 2 fully saturated rings. The highest BCUT2D eigenvalue weighted by atomic mass is 35.5. The number of rotatable bonds is 7.